The van der Waals surface area contributed by atoms with Crippen LogP contribution in [0.15, 0.2) is 42.6 Å². The number of para-hydroxylation sites is 1. The SMILES string of the molecule is CCC[C@H]1c2cccn2CCN1C(=O)Nc1ccccc1Cl. The number of nitrogens with zero attached hydrogens (tertiary/aromatic N) is 2. The fourth-order valence-corrected chi connectivity index (χ4v) is 3.22. The van der Waals surface area contributed by atoms with Gasteiger partial charge in [-0.3, -0.25) is 0 Å². The third-order valence-electron chi connectivity index (χ3n) is 4.10. The van der Waals surface area contributed by atoms with Gasteiger partial charge in [-0.2, -0.15) is 0 Å². The molecule has 116 valence electrons. The number of rotatable bonds is 3. The Balaban J connectivity index is 1.81. The number of hydrogen-bond acceptors (Lipinski definition) is 1. The highest BCUT2D eigenvalue weighted by Crippen LogP contribution is 2.31. The molecule has 2 aromatic rings. The van der Waals surface area contributed by atoms with E-state index in [2.05, 4.69) is 29.1 Å². The van der Waals surface area contributed by atoms with Gasteiger partial charge in [0.2, 0.25) is 0 Å². The first-order valence-corrected chi connectivity index (χ1v) is 8.05. The van der Waals surface area contributed by atoms with E-state index in [1.165, 1.54) is 5.69 Å². The Labute approximate surface area is 135 Å². The molecule has 2 heterocycles. The predicted octanol–water partition coefficient (Wildman–Crippen LogP) is 4.53. The first-order valence-electron chi connectivity index (χ1n) is 7.68. The van der Waals surface area contributed by atoms with E-state index in [-0.39, 0.29) is 12.1 Å². The molecule has 0 spiro atoms. The zero-order chi connectivity index (χ0) is 15.5. The van der Waals surface area contributed by atoms with E-state index in [0.29, 0.717) is 17.3 Å². The third-order valence-corrected chi connectivity index (χ3v) is 4.43. The minimum atomic E-state index is -0.0843. The van der Waals surface area contributed by atoms with Crippen molar-refractivity contribution in [1.29, 1.82) is 0 Å². The van der Waals surface area contributed by atoms with Crippen LogP contribution < -0.4 is 5.32 Å². The highest BCUT2D eigenvalue weighted by molar-refractivity contribution is 6.33. The molecular formula is C17H20ClN3O. The molecule has 0 saturated heterocycles. The summed E-state index contributed by atoms with van der Waals surface area (Å²) in [7, 11) is 0. The highest BCUT2D eigenvalue weighted by atomic mass is 35.5. The van der Waals surface area contributed by atoms with Crippen LogP contribution in [-0.2, 0) is 6.54 Å². The number of carbonyl (C=O) groups excluding carboxylic acids is 1. The van der Waals surface area contributed by atoms with Gasteiger partial charge in [-0.1, -0.05) is 37.1 Å². The fraction of sp³-hybridized carbons (Fsp3) is 0.353. The van der Waals surface area contributed by atoms with Gasteiger partial charge in [0.05, 0.1) is 16.8 Å². The van der Waals surface area contributed by atoms with Gasteiger partial charge in [-0.15, -0.1) is 0 Å². The van der Waals surface area contributed by atoms with Gasteiger partial charge in [-0.25, -0.2) is 4.79 Å². The number of aromatic nitrogens is 1. The number of benzene rings is 1. The molecule has 0 unspecified atom stereocenters. The second-order valence-corrected chi connectivity index (χ2v) is 5.94. The number of amides is 2. The first-order chi connectivity index (χ1) is 10.7. The summed E-state index contributed by atoms with van der Waals surface area (Å²) in [6.45, 7) is 3.69. The molecule has 3 rings (SSSR count). The lowest BCUT2D eigenvalue weighted by Gasteiger charge is -2.37. The zero-order valence-electron chi connectivity index (χ0n) is 12.6. The molecule has 1 N–H and O–H groups in total. The standard InChI is InChI=1S/C17H20ClN3O/c1-2-6-16-15-9-5-10-20(15)11-12-21(16)17(22)19-14-8-4-3-7-13(14)18/h3-5,7-10,16H,2,6,11-12H2,1H3,(H,19,22)/t16-/m0/s1. The number of fused-ring (bicyclic) bond motifs is 1. The van der Waals surface area contributed by atoms with E-state index >= 15 is 0 Å². The van der Waals surface area contributed by atoms with Crippen molar-refractivity contribution in [1.82, 2.24) is 9.47 Å². The minimum Gasteiger partial charge on any atom is -0.348 e. The maximum Gasteiger partial charge on any atom is 0.322 e. The largest absolute Gasteiger partial charge is 0.348 e. The van der Waals surface area contributed by atoms with Gasteiger partial charge in [0.1, 0.15) is 0 Å². The summed E-state index contributed by atoms with van der Waals surface area (Å²) in [5.74, 6) is 0. The Morgan fingerprint density at radius 3 is 2.86 bits per heavy atom. The molecule has 0 saturated carbocycles. The zero-order valence-corrected chi connectivity index (χ0v) is 13.4. The molecule has 4 nitrogen and oxygen atoms in total. The molecule has 0 bridgehead atoms. The second kappa shape index (κ2) is 6.44. The first kappa shape index (κ1) is 15.0. The van der Waals surface area contributed by atoms with Gasteiger partial charge in [-0.05, 0) is 30.7 Å². The maximum absolute atomic E-state index is 12.7. The van der Waals surface area contributed by atoms with E-state index in [9.17, 15) is 4.79 Å². The third kappa shape index (κ3) is 2.83. The summed E-state index contributed by atoms with van der Waals surface area (Å²) in [5.41, 5.74) is 1.87. The normalized spacial score (nSPS) is 17.2. The lowest BCUT2D eigenvalue weighted by molar-refractivity contribution is 0.163. The van der Waals surface area contributed by atoms with Crippen LogP contribution in [0.1, 0.15) is 31.5 Å². The van der Waals surface area contributed by atoms with Gasteiger partial charge < -0.3 is 14.8 Å². The molecule has 1 atom stereocenters. The van der Waals surface area contributed by atoms with Crippen LogP contribution in [0.25, 0.3) is 0 Å². The minimum absolute atomic E-state index is 0.0843. The summed E-state index contributed by atoms with van der Waals surface area (Å²) < 4.78 is 2.24. The van der Waals surface area contributed by atoms with Gasteiger partial charge in [0.25, 0.3) is 0 Å². The van der Waals surface area contributed by atoms with Crippen LogP contribution in [0.3, 0.4) is 0 Å². The predicted molar refractivity (Wildman–Crippen MR) is 89.3 cm³/mol. The Hall–Kier alpha value is -1.94. The number of carbonyl (C=O) groups is 1. The van der Waals surface area contributed by atoms with Crippen molar-refractivity contribution in [3.8, 4) is 0 Å². The second-order valence-electron chi connectivity index (χ2n) is 5.53. The molecule has 5 heteroatoms. The lowest BCUT2D eigenvalue weighted by atomic mass is 10.0. The lowest BCUT2D eigenvalue weighted by Crippen LogP contribution is -2.44. The summed E-state index contributed by atoms with van der Waals surface area (Å²) in [6, 6.07) is 11.5. The van der Waals surface area contributed by atoms with E-state index < -0.39 is 0 Å². The summed E-state index contributed by atoms with van der Waals surface area (Å²) in [5, 5.41) is 3.50. The Morgan fingerprint density at radius 2 is 2.09 bits per heavy atom. The quantitative estimate of drug-likeness (QED) is 0.887. The van der Waals surface area contributed by atoms with Crippen LogP contribution >= 0.6 is 11.6 Å². The molecule has 0 fully saturated rings. The van der Waals surface area contributed by atoms with Crippen molar-refractivity contribution < 1.29 is 4.79 Å². The molecule has 0 aliphatic carbocycles. The smallest absolute Gasteiger partial charge is 0.322 e. The summed E-state index contributed by atoms with van der Waals surface area (Å²) in [6.07, 6.45) is 4.08. The topological polar surface area (TPSA) is 37.3 Å². The van der Waals surface area contributed by atoms with E-state index in [1.54, 1.807) is 6.07 Å². The molecule has 0 radical (unpaired) electrons. The van der Waals surface area contributed by atoms with E-state index in [0.717, 1.165) is 19.4 Å². The van der Waals surface area contributed by atoms with Crippen molar-refractivity contribution in [3.05, 3.63) is 53.3 Å². The Kier molecular flexibility index (Phi) is 4.39. The van der Waals surface area contributed by atoms with Crippen LogP contribution in [0, 0.1) is 0 Å². The van der Waals surface area contributed by atoms with Crippen molar-refractivity contribution in [2.75, 3.05) is 11.9 Å². The summed E-state index contributed by atoms with van der Waals surface area (Å²) in [4.78, 5) is 14.6. The van der Waals surface area contributed by atoms with Crippen LogP contribution in [0.2, 0.25) is 5.02 Å². The molecule has 2 amide bonds. The van der Waals surface area contributed by atoms with Crippen LogP contribution in [0.4, 0.5) is 10.5 Å². The van der Waals surface area contributed by atoms with E-state index in [4.69, 9.17) is 11.6 Å². The van der Waals surface area contributed by atoms with Crippen LogP contribution in [0.5, 0.6) is 0 Å². The average molecular weight is 318 g/mol. The van der Waals surface area contributed by atoms with Crippen LogP contribution in [-0.4, -0.2) is 22.0 Å². The number of urea groups is 1. The Bertz CT molecular complexity index is 667. The van der Waals surface area contributed by atoms with Crippen molar-refractivity contribution in [3.63, 3.8) is 0 Å². The monoisotopic (exact) mass is 317 g/mol. The molecule has 1 aliphatic heterocycles. The molecule has 1 aromatic carbocycles. The van der Waals surface area contributed by atoms with Gasteiger partial charge in [0.15, 0.2) is 0 Å². The molecular weight excluding hydrogens is 298 g/mol. The number of nitrogens with one attached hydrogen (secondary N) is 1. The molecule has 22 heavy (non-hydrogen) atoms. The molecule has 1 aliphatic rings. The van der Waals surface area contributed by atoms with Gasteiger partial charge in [0, 0.05) is 25.0 Å². The average Bonchev–Trinajstić information content (AvgIpc) is 2.99. The van der Waals surface area contributed by atoms with Gasteiger partial charge >= 0.3 is 6.03 Å². The molecule has 1 aromatic heterocycles. The van der Waals surface area contributed by atoms with Crippen molar-refractivity contribution in [2.24, 2.45) is 0 Å². The Morgan fingerprint density at radius 1 is 1.27 bits per heavy atom. The fourth-order valence-electron chi connectivity index (χ4n) is 3.03. The van der Waals surface area contributed by atoms with Crippen molar-refractivity contribution in [2.45, 2.75) is 32.4 Å². The number of halogens is 1. The number of hydrogen-bond donors (Lipinski definition) is 1. The summed E-state index contributed by atoms with van der Waals surface area (Å²) >= 11 is 6.13. The highest BCUT2D eigenvalue weighted by Gasteiger charge is 2.30. The van der Waals surface area contributed by atoms with E-state index in [1.807, 2.05) is 29.2 Å². The van der Waals surface area contributed by atoms with Crippen molar-refractivity contribution >= 4 is 23.3 Å². The maximum atomic E-state index is 12.7. The number of anilines is 1.